The molecule has 1 unspecified atom stereocenters. The van der Waals surface area contributed by atoms with E-state index >= 15 is 0 Å². The Hall–Kier alpha value is -0.590. The summed E-state index contributed by atoms with van der Waals surface area (Å²) >= 11 is 0. The van der Waals surface area contributed by atoms with Crippen molar-refractivity contribution >= 4 is 0 Å². The molecule has 1 fully saturated rings. The van der Waals surface area contributed by atoms with Crippen molar-refractivity contribution in [3.05, 3.63) is 0 Å². The van der Waals surface area contributed by atoms with Gasteiger partial charge in [0.2, 0.25) is 0 Å². The first-order valence-corrected chi connectivity index (χ1v) is 6.55. The average molecular weight is 223 g/mol. The molecule has 1 rings (SSSR count). The van der Waals surface area contributed by atoms with Gasteiger partial charge in [-0.15, -0.1) is 0 Å². The van der Waals surface area contributed by atoms with Gasteiger partial charge in [-0.05, 0) is 52.2 Å². The van der Waals surface area contributed by atoms with Crippen LogP contribution in [0.4, 0.5) is 0 Å². The van der Waals surface area contributed by atoms with E-state index in [1.807, 2.05) is 6.92 Å². The van der Waals surface area contributed by atoms with Gasteiger partial charge in [0.05, 0.1) is 6.07 Å². The summed E-state index contributed by atoms with van der Waals surface area (Å²) in [5, 5.41) is 12.4. The van der Waals surface area contributed by atoms with Gasteiger partial charge in [0.15, 0.2) is 0 Å². The van der Waals surface area contributed by atoms with Crippen LogP contribution < -0.4 is 5.32 Å². The number of rotatable bonds is 8. The average Bonchev–Trinajstić information content (AvgIpc) is 3.09. The lowest BCUT2D eigenvalue weighted by Crippen LogP contribution is -2.41. The van der Waals surface area contributed by atoms with Crippen molar-refractivity contribution < 1.29 is 0 Å². The molecule has 0 heterocycles. The zero-order chi connectivity index (χ0) is 12.0. The molecule has 3 heteroatoms. The van der Waals surface area contributed by atoms with Crippen LogP contribution in [0, 0.1) is 11.3 Å². The van der Waals surface area contributed by atoms with Crippen LogP contribution >= 0.6 is 0 Å². The summed E-state index contributed by atoms with van der Waals surface area (Å²) < 4.78 is 0. The minimum Gasteiger partial charge on any atom is -0.301 e. The van der Waals surface area contributed by atoms with E-state index < -0.39 is 0 Å². The fourth-order valence-corrected chi connectivity index (χ4v) is 2.25. The second-order valence-corrected chi connectivity index (χ2v) is 4.94. The summed E-state index contributed by atoms with van der Waals surface area (Å²) in [5.41, 5.74) is -0.336. The van der Waals surface area contributed by atoms with E-state index in [9.17, 15) is 0 Å². The Balaban J connectivity index is 2.24. The number of nitrogens with one attached hydrogen (secondary N) is 1. The number of nitrogens with zero attached hydrogens (tertiary/aromatic N) is 2. The van der Waals surface area contributed by atoms with Gasteiger partial charge >= 0.3 is 0 Å². The largest absolute Gasteiger partial charge is 0.301 e. The van der Waals surface area contributed by atoms with Gasteiger partial charge in [0.25, 0.3) is 0 Å². The highest BCUT2D eigenvalue weighted by molar-refractivity contribution is 5.03. The molecule has 0 radical (unpaired) electrons. The topological polar surface area (TPSA) is 39.1 Å². The van der Waals surface area contributed by atoms with Crippen LogP contribution in [0.15, 0.2) is 0 Å². The van der Waals surface area contributed by atoms with Crippen molar-refractivity contribution in [1.29, 1.82) is 5.26 Å². The number of hydrogen-bond acceptors (Lipinski definition) is 3. The third-order valence-corrected chi connectivity index (χ3v) is 3.41. The Bertz CT molecular complexity index is 242. The highest BCUT2D eigenvalue weighted by Gasteiger charge is 2.28. The van der Waals surface area contributed by atoms with Crippen LogP contribution in [0.5, 0.6) is 0 Å². The summed E-state index contributed by atoms with van der Waals surface area (Å²) in [4.78, 5) is 2.55. The van der Waals surface area contributed by atoms with Gasteiger partial charge in [0, 0.05) is 6.04 Å². The van der Waals surface area contributed by atoms with Crippen molar-refractivity contribution in [1.82, 2.24) is 10.2 Å². The summed E-state index contributed by atoms with van der Waals surface area (Å²) in [5.74, 6) is 0. The number of hydrogen-bond donors (Lipinski definition) is 1. The molecule has 92 valence electrons. The zero-order valence-corrected chi connectivity index (χ0v) is 10.9. The van der Waals surface area contributed by atoms with Gasteiger partial charge in [-0.2, -0.15) is 5.26 Å². The quantitative estimate of drug-likeness (QED) is 0.685. The van der Waals surface area contributed by atoms with Crippen LogP contribution in [0.1, 0.15) is 46.5 Å². The van der Waals surface area contributed by atoms with Crippen molar-refractivity contribution in [3.63, 3.8) is 0 Å². The van der Waals surface area contributed by atoms with Crippen LogP contribution in [-0.4, -0.2) is 36.1 Å². The summed E-state index contributed by atoms with van der Waals surface area (Å²) in [6, 6.07) is 3.23. The highest BCUT2D eigenvalue weighted by atomic mass is 15.2. The third kappa shape index (κ3) is 4.11. The fraction of sp³-hybridized carbons (Fsp3) is 0.923. The van der Waals surface area contributed by atoms with Gasteiger partial charge in [-0.3, -0.25) is 5.32 Å². The van der Waals surface area contributed by atoms with Gasteiger partial charge in [0.1, 0.15) is 5.54 Å². The molecular formula is C13H25N3. The lowest BCUT2D eigenvalue weighted by atomic mass is 9.97. The van der Waals surface area contributed by atoms with E-state index in [0.717, 1.165) is 38.5 Å². The molecule has 0 bridgehead atoms. The first-order chi connectivity index (χ1) is 7.65. The molecule has 16 heavy (non-hydrogen) atoms. The normalized spacial score (nSPS) is 19.4. The maximum Gasteiger partial charge on any atom is 0.103 e. The monoisotopic (exact) mass is 223 g/mol. The molecule has 0 aromatic heterocycles. The molecule has 0 spiro atoms. The van der Waals surface area contributed by atoms with Crippen LogP contribution in [0.25, 0.3) is 0 Å². The minimum absolute atomic E-state index is 0.336. The molecule has 1 N–H and O–H groups in total. The fourth-order valence-electron chi connectivity index (χ4n) is 2.25. The summed E-state index contributed by atoms with van der Waals surface area (Å²) in [7, 11) is 0. The Kier molecular flexibility index (Phi) is 5.24. The van der Waals surface area contributed by atoms with E-state index in [0.29, 0.717) is 0 Å². The van der Waals surface area contributed by atoms with E-state index in [4.69, 9.17) is 5.26 Å². The van der Waals surface area contributed by atoms with Crippen molar-refractivity contribution in [3.8, 4) is 6.07 Å². The van der Waals surface area contributed by atoms with E-state index in [-0.39, 0.29) is 5.54 Å². The molecule has 1 aliphatic carbocycles. The molecule has 0 saturated heterocycles. The SMILES string of the molecule is CCNC(C)(C#N)CCCN(CC)C1CC1. The lowest BCUT2D eigenvalue weighted by molar-refractivity contribution is 0.260. The Morgan fingerprint density at radius 3 is 2.56 bits per heavy atom. The number of nitriles is 1. The minimum atomic E-state index is -0.336. The van der Waals surface area contributed by atoms with Gasteiger partial charge in [-0.25, -0.2) is 0 Å². The molecule has 0 amide bonds. The zero-order valence-electron chi connectivity index (χ0n) is 10.9. The maximum absolute atomic E-state index is 9.13. The van der Waals surface area contributed by atoms with Crippen LogP contribution in [0.3, 0.4) is 0 Å². The van der Waals surface area contributed by atoms with E-state index in [2.05, 4.69) is 30.1 Å². The summed E-state index contributed by atoms with van der Waals surface area (Å²) in [6.07, 6.45) is 4.80. The molecule has 0 aromatic rings. The van der Waals surface area contributed by atoms with Crippen molar-refractivity contribution in [2.75, 3.05) is 19.6 Å². The second-order valence-electron chi connectivity index (χ2n) is 4.94. The summed E-state index contributed by atoms with van der Waals surface area (Å²) in [6.45, 7) is 9.44. The predicted molar refractivity (Wildman–Crippen MR) is 67.2 cm³/mol. The Morgan fingerprint density at radius 2 is 2.12 bits per heavy atom. The van der Waals surface area contributed by atoms with Crippen molar-refractivity contribution in [2.24, 2.45) is 0 Å². The van der Waals surface area contributed by atoms with Crippen molar-refractivity contribution in [2.45, 2.75) is 58.0 Å². The predicted octanol–water partition coefficient (Wildman–Crippen LogP) is 2.14. The third-order valence-electron chi connectivity index (χ3n) is 3.41. The van der Waals surface area contributed by atoms with E-state index in [1.54, 1.807) is 0 Å². The smallest absolute Gasteiger partial charge is 0.103 e. The van der Waals surface area contributed by atoms with Gasteiger partial charge in [-0.1, -0.05) is 13.8 Å². The lowest BCUT2D eigenvalue weighted by Gasteiger charge is -2.25. The van der Waals surface area contributed by atoms with Gasteiger partial charge < -0.3 is 4.90 Å². The first-order valence-electron chi connectivity index (χ1n) is 6.55. The Morgan fingerprint density at radius 1 is 1.44 bits per heavy atom. The molecule has 0 aromatic carbocycles. The van der Waals surface area contributed by atoms with E-state index in [1.165, 1.54) is 12.8 Å². The Labute approximate surface area is 99.8 Å². The molecule has 3 nitrogen and oxygen atoms in total. The second kappa shape index (κ2) is 6.22. The molecule has 0 aliphatic heterocycles. The van der Waals surface area contributed by atoms with Crippen LogP contribution in [0.2, 0.25) is 0 Å². The highest BCUT2D eigenvalue weighted by Crippen LogP contribution is 2.27. The standard InChI is InChI=1S/C13H25N3/c1-4-15-13(3,11-14)9-6-10-16(5-2)12-7-8-12/h12,15H,4-10H2,1-3H3. The maximum atomic E-state index is 9.13. The first kappa shape index (κ1) is 13.5. The molecule has 1 saturated carbocycles. The molecule has 1 aliphatic rings. The molecular weight excluding hydrogens is 198 g/mol. The van der Waals surface area contributed by atoms with Crippen LogP contribution in [-0.2, 0) is 0 Å². The molecule has 1 atom stereocenters.